The molecule has 6 heteroatoms. The van der Waals surface area contributed by atoms with Gasteiger partial charge in [0.2, 0.25) is 0 Å². The average molecular weight is 391 g/mol. The molecule has 0 bridgehead atoms. The SMILES string of the molecule is CCCCCCCCCCOC(=O)CCCOCCOCCOCCOC. The zero-order valence-corrected chi connectivity index (χ0v) is 17.7. The molecule has 0 saturated heterocycles. The molecule has 0 aromatic rings. The molecule has 0 aliphatic heterocycles. The van der Waals surface area contributed by atoms with Crippen molar-refractivity contribution in [2.45, 2.75) is 71.1 Å². The lowest BCUT2D eigenvalue weighted by Crippen LogP contribution is -2.12. The fourth-order valence-corrected chi connectivity index (χ4v) is 2.50. The van der Waals surface area contributed by atoms with E-state index in [-0.39, 0.29) is 5.97 Å². The van der Waals surface area contributed by atoms with Crippen LogP contribution in [-0.2, 0) is 28.5 Å². The maximum atomic E-state index is 11.6. The summed E-state index contributed by atoms with van der Waals surface area (Å²) in [6.07, 6.45) is 11.1. The smallest absolute Gasteiger partial charge is 0.305 e. The molecule has 0 aliphatic carbocycles. The van der Waals surface area contributed by atoms with Gasteiger partial charge in [0.05, 0.1) is 46.2 Å². The van der Waals surface area contributed by atoms with Gasteiger partial charge in [-0.1, -0.05) is 51.9 Å². The number of esters is 1. The third-order valence-corrected chi connectivity index (χ3v) is 4.11. The first-order valence-corrected chi connectivity index (χ1v) is 10.7. The van der Waals surface area contributed by atoms with E-state index in [9.17, 15) is 4.79 Å². The highest BCUT2D eigenvalue weighted by Gasteiger charge is 2.02. The van der Waals surface area contributed by atoms with Crippen LogP contribution in [0.2, 0.25) is 0 Å². The largest absolute Gasteiger partial charge is 0.466 e. The van der Waals surface area contributed by atoms with Crippen LogP contribution >= 0.6 is 0 Å². The minimum absolute atomic E-state index is 0.119. The molecule has 0 heterocycles. The van der Waals surface area contributed by atoms with Crippen molar-refractivity contribution in [3.8, 4) is 0 Å². The Labute approximate surface area is 166 Å². The van der Waals surface area contributed by atoms with Crippen LogP contribution in [0.15, 0.2) is 0 Å². The standard InChI is InChI=1S/C21H42O6/c1-3-4-5-6-7-8-9-10-14-27-21(22)12-11-13-24-17-18-26-20-19-25-16-15-23-2/h3-20H2,1-2H3. The number of hydrogen-bond donors (Lipinski definition) is 0. The Bertz CT molecular complexity index is 298. The first-order valence-electron chi connectivity index (χ1n) is 10.7. The number of methoxy groups -OCH3 is 1. The van der Waals surface area contributed by atoms with Crippen LogP contribution in [0.4, 0.5) is 0 Å². The van der Waals surface area contributed by atoms with E-state index < -0.39 is 0 Å². The first kappa shape index (κ1) is 26.3. The van der Waals surface area contributed by atoms with Gasteiger partial charge in [0.15, 0.2) is 0 Å². The predicted molar refractivity (Wildman–Crippen MR) is 107 cm³/mol. The summed E-state index contributed by atoms with van der Waals surface area (Å²) in [6, 6.07) is 0. The van der Waals surface area contributed by atoms with Gasteiger partial charge >= 0.3 is 5.97 Å². The summed E-state index contributed by atoms with van der Waals surface area (Å²) in [5.74, 6) is -0.119. The lowest BCUT2D eigenvalue weighted by molar-refractivity contribution is -0.144. The van der Waals surface area contributed by atoms with Crippen LogP contribution in [0.1, 0.15) is 71.1 Å². The van der Waals surface area contributed by atoms with Gasteiger partial charge in [-0.05, 0) is 12.8 Å². The van der Waals surface area contributed by atoms with Gasteiger partial charge in [-0.2, -0.15) is 0 Å². The fraction of sp³-hybridized carbons (Fsp3) is 0.952. The molecule has 6 nitrogen and oxygen atoms in total. The number of carbonyl (C=O) groups is 1. The summed E-state index contributed by atoms with van der Waals surface area (Å²) >= 11 is 0. The number of rotatable bonds is 22. The van der Waals surface area contributed by atoms with Crippen molar-refractivity contribution in [3.63, 3.8) is 0 Å². The second kappa shape index (κ2) is 23.3. The van der Waals surface area contributed by atoms with E-state index in [0.29, 0.717) is 65.7 Å². The van der Waals surface area contributed by atoms with Gasteiger partial charge in [-0.25, -0.2) is 0 Å². The van der Waals surface area contributed by atoms with Crippen LogP contribution < -0.4 is 0 Å². The van der Waals surface area contributed by atoms with Gasteiger partial charge in [0, 0.05) is 20.1 Å². The quantitative estimate of drug-likeness (QED) is 0.204. The maximum absolute atomic E-state index is 11.6. The average Bonchev–Trinajstić information content (AvgIpc) is 2.67. The number of unbranched alkanes of at least 4 members (excludes halogenated alkanes) is 7. The van der Waals surface area contributed by atoms with Gasteiger partial charge in [-0.15, -0.1) is 0 Å². The Kier molecular flexibility index (Phi) is 22.8. The zero-order chi connectivity index (χ0) is 19.8. The monoisotopic (exact) mass is 390 g/mol. The van der Waals surface area contributed by atoms with Crippen molar-refractivity contribution in [3.05, 3.63) is 0 Å². The Morgan fingerprint density at radius 2 is 1.11 bits per heavy atom. The molecule has 0 aromatic carbocycles. The zero-order valence-electron chi connectivity index (χ0n) is 17.7. The van der Waals surface area contributed by atoms with E-state index in [1.54, 1.807) is 7.11 Å². The second-order valence-electron chi connectivity index (χ2n) is 6.63. The normalized spacial score (nSPS) is 11.0. The molecular weight excluding hydrogens is 348 g/mol. The van der Waals surface area contributed by atoms with E-state index in [4.69, 9.17) is 23.7 Å². The maximum Gasteiger partial charge on any atom is 0.305 e. The highest BCUT2D eigenvalue weighted by Crippen LogP contribution is 2.08. The molecule has 0 saturated carbocycles. The summed E-state index contributed by atoms with van der Waals surface area (Å²) in [4.78, 5) is 11.6. The molecule has 0 spiro atoms. The van der Waals surface area contributed by atoms with Crippen molar-refractivity contribution in [2.24, 2.45) is 0 Å². The molecule has 0 fully saturated rings. The van der Waals surface area contributed by atoms with Crippen molar-refractivity contribution in [1.29, 1.82) is 0 Å². The molecule has 0 amide bonds. The molecule has 0 atom stereocenters. The van der Waals surface area contributed by atoms with E-state index in [1.807, 2.05) is 0 Å². The minimum atomic E-state index is -0.119. The first-order chi connectivity index (χ1) is 13.3. The van der Waals surface area contributed by atoms with E-state index in [0.717, 1.165) is 12.8 Å². The Morgan fingerprint density at radius 3 is 1.70 bits per heavy atom. The number of ether oxygens (including phenoxy) is 5. The molecule has 0 unspecified atom stereocenters. The lowest BCUT2D eigenvalue weighted by atomic mass is 10.1. The highest BCUT2D eigenvalue weighted by molar-refractivity contribution is 5.69. The van der Waals surface area contributed by atoms with Crippen LogP contribution in [-0.4, -0.2) is 65.9 Å². The van der Waals surface area contributed by atoms with Crippen molar-refractivity contribution < 1.29 is 28.5 Å². The molecule has 0 N–H and O–H groups in total. The van der Waals surface area contributed by atoms with Gasteiger partial charge in [0.25, 0.3) is 0 Å². The molecule has 162 valence electrons. The van der Waals surface area contributed by atoms with Crippen LogP contribution in [0.3, 0.4) is 0 Å². The Morgan fingerprint density at radius 1 is 0.593 bits per heavy atom. The minimum Gasteiger partial charge on any atom is -0.466 e. The third kappa shape index (κ3) is 23.3. The fourth-order valence-electron chi connectivity index (χ4n) is 2.50. The topological polar surface area (TPSA) is 63.2 Å². The summed E-state index contributed by atoms with van der Waals surface area (Å²) in [7, 11) is 1.65. The second-order valence-corrected chi connectivity index (χ2v) is 6.63. The Hall–Kier alpha value is -0.690. The van der Waals surface area contributed by atoms with Gasteiger partial charge in [0.1, 0.15) is 0 Å². The van der Waals surface area contributed by atoms with Crippen LogP contribution in [0, 0.1) is 0 Å². The van der Waals surface area contributed by atoms with E-state index >= 15 is 0 Å². The summed E-state index contributed by atoms with van der Waals surface area (Å²) in [5.41, 5.74) is 0. The summed E-state index contributed by atoms with van der Waals surface area (Å²) < 4.78 is 26.2. The molecule has 0 rings (SSSR count). The molecular formula is C21H42O6. The molecule has 0 aromatic heterocycles. The number of hydrogen-bond acceptors (Lipinski definition) is 6. The van der Waals surface area contributed by atoms with E-state index in [1.165, 1.54) is 38.5 Å². The van der Waals surface area contributed by atoms with Crippen molar-refractivity contribution in [2.75, 3.05) is 60.0 Å². The number of carbonyl (C=O) groups excluding carboxylic acids is 1. The lowest BCUT2D eigenvalue weighted by Gasteiger charge is -2.07. The van der Waals surface area contributed by atoms with Gasteiger partial charge in [-0.3, -0.25) is 4.79 Å². The van der Waals surface area contributed by atoms with E-state index in [2.05, 4.69) is 6.92 Å². The van der Waals surface area contributed by atoms with Crippen molar-refractivity contribution in [1.82, 2.24) is 0 Å². The van der Waals surface area contributed by atoms with Crippen LogP contribution in [0.5, 0.6) is 0 Å². The molecule has 27 heavy (non-hydrogen) atoms. The predicted octanol–water partition coefficient (Wildman–Crippen LogP) is 4.15. The van der Waals surface area contributed by atoms with Crippen LogP contribution in [0.25, 0.3) is 0 Å². The third-order valence-electron chi connectivity index (χ3n) is 4.11. The highest BCUT2D eigenvalue weighted by atomic mass is 16.6. The molecule has 0 aliphatic rings. The molecule has 0 radical (unpaired) electrons. The summed E-state index contributed by atoms with van der Waals surface area (Å²) in [5, 5.41) is 0. The van der Waals surface area contributed by atoms with Gasteiger partial charge < -0.3 is 23.7 Å². The Balaban J connectivity index is 3.13. The van der Waals surface area contributed by atoms with Crippen molar-refractivity contribution >= 4 is 5.97 Å². The summed E-state index contributed by atoms with van der Waals surface area (Å²) in [6.45, 7) is 6.72.